The summed E-state index contributed by atoms with van der Waals surface area (Å²) in [5, 5.41) is 2.22. The third-order valence-corrected chi connectivity index (χ3v) is 4.96. The van der Waals surface area contributed by atoms with Gasteiger partial charge in [0.1, 0.15) is 17.7 Å². The zero-order chi connectivity index (χ0) is 23.1. The molecule has 1 N–H and O–H groups in total. The van der Waals surface area contributed by atoms with Crippen molar-refractivity contribution in [3.05, 3.63) is 69.1 Å². The molecular formula is C21H18F5N3O2. The Kier molecular flexibility index (Phi) is 5.84. The molecule has 1 amide bonds. The van der Waals surface area contributed by atoms with Crippen LogP contribution >= 0.6 is 0 Å². The summed E-state index contributed by atoms with van der Waals surface area (Å²) in [6.07, 6.45) is -5.11. The number of hydrogen-bond acceptors (Lipinski definition) is 3. The normalized spacial score (nSPS) is 12.8. The van der Waals surface area contributed by atoms with Gasteiger partial charge in [-0.05, 0) is 55.7 Å². The quantitative estimate of drug-likeness (QED) is 0.588. The molecule has 0 fully saturated rings. The van der Waals surface area contributed by atoms with E-state index in [1.165, 1.54) is 19.1 Å². The number of anilines is 1. The smallest absolute Gasteiger partial charge is 0.322 e. The second kappa shape index (κ2) is 8.09. The molecule has 3 aromatic rings. The summed E-state index contributed by atoms with van der Waals surface area (Å²) in [6, 6.07) is 3.94. The molecule has 0 saturated carbocycles. The maximum Gasteiger partial charge on any atom is 0.438 e. The highest BCUT2D eigenvalue weighted by molar-refractivity contribution is 5.95. The Morgan fingerprint density at radius 3 is 2.35 bits per heavy atom. The van der Waals surface area contributed by atoms with Crippen molar-refractivity contribution in [1.82, 2.24) is 9.55 Å². The van der Waals surface area contributed by atoms with Crippen LogP contribution in [0.4, 0.5) is 27.6 Å². The summed E-state index contributed by atoms with van der Waals surface area (Å²) in [5.41, 5.74) is -2.21. The average Bonchev–Trinajstić information content (AvgIpc) is 2.66. The van der Waals surface area contributed by atoms with Crippen molar-refractivity contribution in [2.24, 2.45) is 0 Å². The number of nitrogens with one attached hydrogen (secondary N) is 1. The number of rotatable bonds is 4. The first-order valence-electron chi connectivity index (χ1n) is 9.30. The van der Waals surface area contributed by atoms with Gasteiger partial charge in [0.05, 0.1) is 16.7 Å². The largest absolute Gasteiger partial charge is 0.438 e. The van der Waals surface area contributed by atoms with Crippen LogP contribution in [0.2, 0.25) is 0 Å². The molecule has 10 heteroatoms. The van der Waals surface area contributed by atoms with Gasteiger partial charge in [0, 0.05) is 6.07 Å². The number of benzene rings is 2. The van der Waals surface area contributed by atoms with Crippen LogP contribution in [0.1, 0.15) is 36.2 Å². The standard InChI is InChI=1S/C21H18F5N3O2/c1-4-16(19(30)28-14-6-5-12(22)9-13(14)23)29-17-8-11(3)10(2)7-15(17)27-18(20(29)31)21(24,25)26/h5-9,16H,4H2,1-3H3,(H,28,30)/t16-/m0/s1. The lowest BCUT2D eigenvalue weighted by Gasteiger charge is -2.22. The van der Waals surface area contributed by atoms with E-state index in [9.17, 15) is 31.5 Å². The van der Waals surface area contributed by atoms with Crippen LogP contribution in [0.25, 0.3) is 11.0 Å². The molecule has 31 heavy (non-hydrogen) atoms. The molecule has 0 bridgehead atoms. The summed E-state index contributed by atoms with van der Waals surface area (Å²) in [6.45, 7) is 4.88. The molecule has 3 rings (SSSR count). The number of carbonyl (C=O) groups excluding carboxylic acids is 1. The Labute approximate surface area is 173 Å². The second-order valence-electron chi connectivity index (χ2n) is 7.10. The minimum atomic E-state index is -5.04. The zero-order valence-corrected chi connectivity index (χ0v) is 16.8. The Morgan fingerprint density at radius 1 is 1.13 bits per heavy atom. The average molecular weight is 439 g/mol. The number of halogens is 5. The van der Waals surface area contributed by atoms with Crippen LogP contribution in [0, 0.1) is 25.5 Å². The maximum absolute atomic E-state index is 13.9. The number of nitrogens with zero attached hydrogens (tertiary/aromatic N) is 2. The molecule has 0 aliphatic heterocycles. The molecule has 0 aliphatic carbocycles. The SMILES string of the molecule is CC[C@@H](C(=O)Nc1ccc(F)cc1F)n1c(=O)c(C(F)(F)F)nc2cc(C)c(C)cc21. The number of alkyl halides is 3. The topological polar surface area (TPSA) is 64.0 Å². The van der Waals surface area contributed by atoms with Gasteiger partial charge in [-0.3, -0.25) is 14.2 Å². The van der Waals surface area contributed by atoms with E-state index in [0.717, 1.165) is 16.7 Å². The first kappa shape index (κ1) is 22.4. The predicted molar refractivity (Wildman–Crippen MR) is 105 cm³/mol. The van der Waals surface area contributed by atoms with Gasteiger partial charge in [-0.25, -0.2) is 13.8 Å². The van der Waals surface area contributed by atoms with Crippen molar-refractivity contribution in [3.8, 4) is 0 Å². The highest BCUT2D eigenvalue weighted by atomic mass is 19.4. The number of carbonyl (C=O) groups is 1. The van der Waals surface area contributed by atoms with Crippen LogP contribution in [0.3, 0.4) is 0 Å². The molecule has 0 saturated heterocycles. The maximum atomic E-state index is 13.9. The van der Waals surface area contributed by atoms with Gasteiger partial charge in [0.25, 0.3) is 5.56 Å². The monoisotopic (exact) mass is 439 g/mol. The Hall–Kier alpha value is -3.30. The number of hydrogen-bond donors (Lipinski definition) is 1. The fourth-order valence-corrected chi connectivity index (χ4v) is 3.25. The number of aryl methyl sites for hydroxylation is 2. The van der Waals surface area contributed by atoms with Crippen LogP contribution < -0.4 is 10.9 Å². The van der Waals surface area contributed by atoms with Crippen molar-refractivity contribution in [2.75, 3.05) is 5.32 Å². The minimum Gasteiger partial charge on any atom is -0.322 e. The number of aromatic nitrogens is 2. The summed E-state index contributed by atoms with van der Waals surface area (Å²) in [7, 11) is 0. The van der Waals surface area contributed by atoms with Crippen LogP contribution in [-0.2, 0) is 11.0 Å². The van der Waals surface area contributed by atoms with Crippen molar-refractivity contribution in [1.29, 1.82) is 0 Å². The molecule has 2 aromatic carbocycles. The van der Waals surface area contributed by atoms with Gasteiger partial charge in [-0.1, -0.05) is 6.92 Å². The van der Waals surface area contributed by atoms with Gasteiger partial charge in [0.15, 0.2) is 0 Å². The van der Waals surface area contributed by atoms with Gasteiger partial charge >= 0.3 is 6.18 Å². The van der Waals surface area contributed by atoms with Crippen LogP contribution in [-0.4, -0.2) is 15.5 Å². The first-order chi connectivity index (χ1) is 14.4. The van der Waals surface area contributed by atoms with Crippen molar-refractivity contribution in [3.63, 3.8) is 0 Å². The molecule has 0 unspecified atom stereocenters. The zero-order valence-electron chi connectivity index (χ0n) is 16.8. The van der Waals surface area contributed by atoms with E-state index in [1.807, 2.05) is 0 Å². The predicted octanol–water partition coefficient (Wildman–Crippen LogP) is 4.90. The Morgan fingerprint density at radius 2 is 1.77 bits per heavy atom. The first-order valence-corrected chi connectivity index (χ1v) is 9.30. The van der Waals surface area contributed by atoms with E-state index in [4.69, 9.17) is 0 Å². The summed E-state index contributed by atoms with van der Waals surface area (Å²) >= 11 is 0. The Bertz CT molecular complexity index is 1230. The van der Waals surface area contributed by atoms with Crippen molar-refractivity contribution in [2.45, 2.75) is 39.4 Å². The highest BCUT2D eigenvalue weighted by Gasteiger charge is 2.39. The van der Waals surface area contributed by atoms with E-state index in [-0.39, 0.29) is 23.1 Å². The number of amides is 1. The molecule has 0 aliphatic rings. The van der Waals surface area contributed by atoms with Crippen molar-refractivity contribution < 1.29 is 26.7 Å². The molecule has 1 atom stereocenters. The molecule has 0 radical (unpaired) electrons. The van der Waals surface area contributed by atoms with E-state index in [2.05, 4.69) is 10.3 Å². The molecule has 5 nitrogen and oxygen atoms in total. The summed E-state index contributed by atoms with van der Waals surface area (Å²) < 4.78 is 68.2. The van der Waals surface area contributed by atoms with Gasteiger partial charge < -0.3 is 5.32 Å². The molecular weight excluding hydrogens is 421 g/mol. The molecule has 1 heterocycles. The lowest BCUT2D eigenvalue weighted by molar-refractivity contribution is -0.142. The third-order valence-electron chi connectivity index (χ3n) is 4.96. The fraction of sp³-hybridized carbons (Fsp3) is 0.286. The summed E-state index contributed by atoms with van der Waals surface area (Å²) in [4.78, 5) is 29.1. The molecule has 1 aromatic heterocycles. The van der Waals surface area contributed by atoms with Crippen LogP contribution in [0.5, 0.6) is 0 Å². The highest BCUT2D eigenvalue weighted by Crippen LogP contribution is 2.29. The van der Waals surface area contributed by atoms with Gasteiger partial charge in [-0.15, -0.1) is 0 Å². The van der Waals surface area contributed by atoms with Crippen molar-refractivity contribution >= 4 is 22.6 Å². The molecule has 164 valence electrons. The third kappa shape index (κ3) is 4.28. The fourth-order valence-electron chi connectivity index (χ4n) is 3.25. The lowest BCUT2D eigenvalue weighted by atomic mass is 10.1. The number of fused-ring (bicyclic) bond motifs is 1. The van der Waals surface area contributed by atoms with Gasteiger partial charge in [0.2, 0.25) is 11.6 Å². The van der Waals surface area contributed by atoms with E-state index < -0.39 is 41.0 Å². The van der Waals surface area contributed by atoms with E-state index >= 15 is 0 Å². The molecule has 0 spiro atoms. The summed E-state index contributed by atoms with van der Waals surface area (Å²) in [5.74, 6) is -2.84. The minimum absolute atomic E-state index is 0.0441. The second-order valence-corrected chi connectivity index (χ2v) is 7.10. The van der Waals surface area contributed by atoms with E-state index in [1.54, 1.807) is 13.8 Å². The lowest BCUT2D eigenvalue weighted by Crippen LogP contribution is -2.37. The van der Waals surface area contributed by atoms with Gasteiger partial charge in [-0.2, -0.15) is 13.2 Å². The van der Waals surface area contributed by atoms with E-state index in [0.29, 0.717) is 17.2 Å². The Balaban J connectivity index is 2.22. The van der Waals surface area contributed by atoms with Crippen LogP contribution in [0.15, 0.2) is 35.1 Å².